The van der Waals surface area contributed by atoms with Gasteiger partial charge in [0.25, 0.3) is 5.91 Å². The maximum atomic E-state index is 12.4. The van der Waals surface area contributed by atoms with Crippen LogP contribution in [0.4, 0.5) is 0 Å². The van der Waals surface area contributed by atoms with Gasteiger partial charge in [0.2, 0.25) is 0 Å². The molecule has 1 heterocycles. The smallest absolute Gasteiger partial charge is 0.251 e. The molecule has 158 valence electrons. The van der Waals surface area contributed by atoms with Crippen LogP contribution < -0.4 is 19.5 Å². The van der Waals surface area contributed by atoms with E-state index in [4.69, 9.17) is 14.2 Å². The average Bonchev–Trinajstić information content (AvgIpc) is 3.25. The molecule has 0 spiro atoms. The first-order valence-corrected chi connectivity index (χ1v) is 9.61. The van der Waals surface area contributed by atoms with Crippen molar-refractivity contribution >= 4 is 5.91 Å². The van der Waals surface area contributed by atoms with E-state index in [0.29, 0.717) is 48.1 Å². The van der Waals surface area contributed by atoms with Crippen molar-refractivity contribution in [3.8, 4) is 17.2 Å². The van der Waals surface area contributed by atoms with Crippen LogP contribution in [0.2, 0.25) is 0 Å². The number of hydrogen-bond donors (Lipinski definition) is 1. The molecule has 1 amide bonds. The minimum absolute atomic E-state index is 0.142. The highest BCUT2D eigenvalue weighted by molar-refractivity contribution is 5.94. The van der Waals surface area contributed by atoms with Gasteiger partial charge in [0.05, 0.1) is 14.2 Å². The molecule has 0 saturated carbocycles. The van der Waals surface area contributed by atoms with Gasteiger partial charge in [0.15, 0.2) is 17.3 Å². The van der Waals surface area contributed by atoms with E-state index in [1.165, 1.54) is 0 Å². The quantitative estimate of drug-likeness (QED) is 0.546. The van der Waals surface area contributed by atoms with Gasteiger partial charge in [-0.2, -0.15) is 0 Å². The molecule has 0 aliphatic carbocycles. The summed E-state index contributed by atoms with van der Waals surface area (Å²) in [5, 5.41) is 14.3. The first-order chi connectivity index (χ1) is 14.6. The lowest BCUT2D eigenvalue weighted by Gasteiger charge is -2.10. The number of aromatic nitrogens is 4. The number of rotatable bonds is 10. The molecule has 0 saturated heterocycles. The van der Waals surface area contributed by atoms with Crippen molar-refractivity contribution in [2.45, 2.75) is 26.5 Å². The maximum absolute atomic E-state index is 12.4. The molecule has 0 unspecified atom stereocenters. The second-order valence-electron chi connectivity index (χ2n) is 6.42. The fraction of sp³-hybridized carbons (Fsp3) is 0.333. The topological polar surface area (TPSA) is 100 Å². The van der Waals surface area contributed by atoms with Gasteiger partial charge in [-0.25, -0.2) is 4.68 Å². The van der Waals surface area contributed by atoms with E-state index in [1.807, 2.05) is 25.1 Å². The molecule has 3 rings (SSSR count). The molecule has 0 aliphatic heterocycles. The fourth-order valence-electron chi connectivity index (χ4n) is 2.88. The Morgan fingerprint density at radius 3 is 2.53 bits per heavy atom. The number of benzene rings is 2. The van der Waals surface area contributed by atoms with Crippen LogP contribution in [0.25, 0.3) is 0 Å². The van der Waals surface area contributed by atoms with Gasteiger partial charge in [-0.3, -0.25) is 4.79 Å². The number of methoxy groups -OCH3 is 2. The lowest BCUT2D eigenvalue weighted by molar-refractivity contribution is 0.0954. The van der Waals surface area contributed by atoms with Gasteiger partial charge in [-0.1, -0.05) is 6.07 Å². The third kappa shape index (κ3) is 5.25. The first kappa shape index (κ1) is 21.1. The van der Waals surface area contributed by atoms with Crippen molar-refractivity contribution in [2.24, 2.45) is 0 Å². The molecule has 0 aliphatic rings. The Labute approximate surface area is 175 Å². The second kappa shape index (κ2) is 10.2. The lowest BCUT2D eigenvalue weighted by atomic mass is 10.1. The standard InChI is InChI=1S/C21H25N5O4/c1-4-26-20(23-24-25-26)14-30-17-8-6-16(7-9-17)21(27)22-12-11-15-5-10-18(28-2)19(13-15)29-3/h5-10,13H,4,11-12,14H2,1-3H3,(H,22,27). The van der Waals surface area contributed by atoms with E-state index in [9.17, 15) is 4.79 Å². The van der Waals surface area contributed by atoms with Crippen LogP contribution in [-0.2, 0) is 19.6 Å². The Bertz CT molecular complexity index is 972. The van der Waals surface area contributed by atoms with Crippen LogP contribution in [0.3, 0.4) is 0 Å². The highest BCUT2D eigenvalue weighted by Crippen LogP contribution is 2.27. The molecule has 1 N–H and O–H groups in total. The molecule has 1 aromatic heterocycles. The van der Waals surface area contributed by atoms with Gasteiger partial charge in [-0.15, -0.1) is 5.10 Å². The van der Waals surface area contributed by atoms with E-state index in [0.717, 1.165) is 5.56 Å². The number of carbonyl (C=O) groups is 1. The summed E-state index contributed by atoms with van der Waals surface area (Å²) in [4.78, 5) is 12.4. The van der Waals surface area contributed by atoms with Gasteiger partial charge in [0, 0.05) is 18.7 Å². The number of nitrogens with one attached hydrogen (secondary N) is 1. The summed E-state index contributed by atoms with van der Waals surface area (Å²) in [7, 11) is 3.20. The number of nitrogens with zero attached hydrogens (tertiary/aromatic N) is 4. The summed E-state index contributed by atoms with van der Waals surface area (Å²) in [6.45, 7) is 3.40. The van der Waals surface area contributed by atoms with Crippen molar-refractivity contribution in [1.82, 2.24) is 25.5 Å². The third-order valence-electron chi connectivity index (χ3n) is 4.54. The normalized spacial score (nSPS) is 10.5. The molecule has 0 atom stereocenters. The van der Waals surface area contributed by atoms with E-state index in [1.54, 1.807) is 43.2 Å². The minimum atomic E-state index is -0.142. The SMILES string of the molecule is CCn1nnnc1COc1ccc(C(=O)NCCc2ccc(OC)c(OC)c2)cc1. The number of aryl methyl sites for hydroxylation is 1. The monoisotopic (exact) mass is 411 g/mol. The largest absolute Gasteiger partial charge is 0.493 e. The van der Waals surface area contributed by atoms with Crippen LogP contribution in [0, 0.1) is 0 Å². The Morgan fingerprint density at radius 1 is 1.07 bits per heavy atom. The fourth-order valence-corrected chi connectivity index (χ4v) is 2.88. The molecule has 0 radical (unpaired) electrons. The molecule has 0 bridgehead atoms. The zero-order valence-corrected chi connectivity index (χ0v) is 17.3. The highest BCUT2D eigenvalue weighted by atomic mass is 16.5. The average molecular weight is 411 g/mol. The van der Waals surface area contributed by atoms with E-state index in [-0.39, 0.29) is 12.5 Å². The molecule has 30 heavy (non-hydrogen) atoms. The maximum Gasteiger partial charge on any atom is 0.251 e. The first-order valence-electron chi connectivity index (χ1n) is 9.61. The lowest BCUT2D eigenvalue weighted by Crippen LogP contribution is -2.25. The van der Waals surface area contributed by atoms with Crippen LogP contribution in [-0.4, -0.2) is 46.9 Å². The summed E-state index contributed by atoms with van der Waals surface area (Å²) in [5.74, 6) is 2.50. The zero-order chi connectivity index (χ0) is 21.3. The van der Waals surface area contributed by atoms with E-state index in [2.05, 4.69) is 20.8 Å². The second-order valence-corrected chi connectivity index (χ2v) is 6.42. The molecule has 2 aromatic carbocycles. The summed E-state index contributed by atoms with van der Waals surface area (Å²) >= 11 is 0. The molecular formula is C21H25N5O4. The summed E-state index contributed by atoms with van der Waals surface area (Å²) in [6, 6.07) is 12.7. The molecular weight excluding hydrogens is 386 g/mol. The van der Waals surface area contributed by atoms with Gasteiger partial charge in [0.1, 0.15) is 12.4 Å². The molecule has 9 nitrogen and oxygen atoms in total. The highest BCUT2D eigenvalue weighted by Gasteiger charge is 2.09. The van der Waals surface area contributed by atoms with Crippen molar-refractivity contribution in [3.05, 3.63) is 59.4 Å². The van der Waals surface area contributed by atoms with Crippen molar-refractivity contribution in [3.63, 3.8) is 0 Å². The van der Waals surface area contributed by atoms with Crippen molar-refractivity contribution < 1.29 is 19.0 Å². The minimum Gasteiger partial charge on any atom is -0.493 e. The Balaban J connectivity index is 1.49. The summed E-state index contributed by atoms with van der Waals surface area (Å²) in [5.41, 5.74) is 1.61. The van der Waals surface area contributed by atoms with Gasteiger partial charge < -0.3 is 19.5 Å². The number of ether oxygens (including phenoxy) is 3. The van der Waals surface area contributed by atoms with E-state index < -0.39 is 0 Å². The van der Waals surface area contributed by atoms with Gasteiger partial charge >= 0.3 is 0 Å². The predicted octanol–water partition coefficient (Wildman–Crippen LogP) is 2.26. The zero-order valence-electron chi connectivity index (χ0n) is 17.3. The van der Waals surface area contributed by atoms with E-state index >= 15 is 0 Å². The van der Waals surface area contributed by atoms with Crippen LogP contribution in [0.15, 0.2) is 42.5 Å². The third-order valence-corrected chi connectivity index (χ3v) is 4.54. The predicted molar refractivity (Wildman–Crippen MR) is 110 cm³/mol. The van der Waals surface area contributed by atoms with Crippen LogP contribution in [0.1, 0.15) is 28.7 Å². The summed E-state index contributed by atoms with van der Waals surface area (Å²) in [6.07, 6.45) is 0.680. The van der Waals surface area contributed by atoms with Crippen molar-refractivity contribution in [1.29, 1.82) is 0 Å². The molecule has 9 heteroatoms. The number of carbonyl (C=O) groups excluding carboxylic acids is 1. The Hall–Kier alpha value is -3.62. The molecule has 3 aromatic rings. The Kier molecular flexibility index (Phi) is 7.20. The molecule has 0 fully saturated rings. The van der Waals surface area contributed by atoms with Gasteiger partial charge in [-0.05, 0) is 65.7 Å². The van der Waals surface area contributed by atoms with Crippen LogP contribution in [0.5, 0.6) is 17.2 Å². The van der Waals surface area contributed by atoms with Crippen molar-refractivity contribution in [2.75, 3.05) is 20.8 Å². The summed E-state index contributed by atoms with van der Waals surface area (Å²) < 4.78 is 17.9. The number of hydrogen-bond acceptors (Lipinski definition) is 7. The Morgan fingerprint density at radius 2 is 1.83 bits per heavy atom. The number of amides is 1. The number of tetrazole rings is 1. The van der Waals surface area contributed by atoms with Crippen LogP contribution >= 0.6 is 0 Å².